The summed E-state index contributed by atoms with van der Waals surface area (Å²) in [5.41, 5.74) is 1.22. The first-order valence-corrected chi connectivity index (χ1v) is 3.96. The van der Waals surface area contributed by atoms with Gasteiger partial charge in [0.2, 0.25) is 5.70 Å². The predicted octanol–water partition coefficient (Wildman–Crippen LogP) is 2.20. The molecule has 0 saturated carbocycles. The Hall–Kier alpha value is -2.15. The van der Waals surface area contributed by atoms with Crippen molar-refractivity contribution in [2.75, 3.05) is 0 Å². The highest BCUT2D eigenvalue weighted by Gasteiger charge is 2.01. The van der Waals surface area contributed by atoms with Crippen LogP contribution in [0.3, 0.4) is 0 Å². The number of rotatable bonds is 2. The molecule has 0 saturated heterocycles. The van der Waals surface area contributed by atoms with Crippen molar-refractivity contribution in [2.45, 2.75) is 6.92 Å². The molecule has 4 nitrogen and oxygen atoms in total. The molecule has 4 heteroatoms. The quantitative estimate of drug-likeness (QED) is 0.527. The molecule has 0 aliphatic carbocycles. The van der Waals surface area contributed by atoms with Crippen LogP contribution in [0.2, 0.25) is 0 Å². The zero-order valence-corrected chi connectivity index (χ0v) is 7.60. The van der Waals surface area contributed by atoms with Crippen LogP contribution < -0.4 is 0 Å². The molecule has 0 unspecified atom stereocenters. The van der Waals surface area contributed by atoms with Gasteiger partial charge in [0.05, 0.1) is 16.6 Å². The second-order valence-corrected chi connectivity index (χ2v) is 2.78. The van der Waals surface area contributed by atoms with E-state index < -0.39 is 4.92 Å². The molecule has 0 fully saturated rings. The fraction of sp³-hybridized carbons (Fsp3) is 0.100. The molecule has 0 amide bonds. The van der Waals surface area contributed by atoms with E-state index in [0.717, 1.165) is 0 Å². The van der Waals surface area contributed by atoms with Crippen LogP contribution in [-0.2, 0) is 0 Å². The van der Waals surface area contributed by atoms with Gasteiger partial charge in [-0.05, 0) is 17.7 Å². The predicted molar refractivity (Wildman–Crippen MR) is 51.8 cm³/mol. The summed E-state index contributed by atoms with van der Waals surface area (Å²) in [6, 6.07) is 8.63. The largest absolute Gasteiger partial charge is 0.259 e. The summed E-state index contributed by atoms with van der Waals surface area (Å²) in [6.07, 6.45) is 1.43. The van der Waals surface area contributed by atoms with E-state index in [1.165, 1.54) is 13.0 Å². The zero-order chi connectivity index (χ0) is 10.6. The van der Waals surface area contributed by atoms with Crippen molar-refractivity contribution in [1.82, 2.24) is 0 Å². The third-order valence-electron chi connectivity index (χ3n) is 1.68. The lowest BCUT2D eigenvalue weighted by Crippen LogP contribution is -1.92. The highest BCUT2D eigenvalue weighted by atomic mass is 16.6. The van der Waals surface area contributed by atoms with Gasteiger partial charge < -0.3 is 0 Å². The number of benzene rings is 1. The van der Waals surface area contributed by atoms with Gasteiger partial charge in [0.25, 0.3) is 0 Å². The van der Waals surface area contributed by atoms with E-state index in [9.17, 15) is 10.1 Å². The highest BCUT2D eigenvalue weighted by molar-refractivity contribution is 5.53. The van der Waals surface area contributed by atoms with E-state index >= 15 is 0 Å². The van der Waals surface area contributed by atoms with Crippen LogP contribution in [-0.4, -0.2) is 4.92 Å². The van der Waals surface area contributed by atoms with Gasteiger partial charge in [-0.2, -0.15) is 5.26 Å². The fourth-order valence-corrected chi connectivity index (χ4v) is 0.992. The monoisotopic (exact) mass is 188 g/mol. The second kappa shape index (κ2) is 4.19. The summed E-state index contributed by atoms with van der Waals surface area (Å²) in [5.74, 6) is 0. The van der Waals surface area contributed by atoms with Crippen LogP contribution in [0.5, 0.6) is 0 Å². The van der Waals surface area contributed by atoms with Crippen molar-refractivity contribution in [3.63, 3.8) is 0 Å². The Labute approximate surface area is 81.2 Å². The molecule has 70 valence electrons. The Kier molecular flexibility index (Phi) is 2.97. The molecule has 0 spiro atoms. The third kappa shape index (κ3) is 2.42. The number of nitriles is 1. The first kappa shape index (κ1) is 9.93. The Morgan fingerprint density at radius 1 is 1.64 bits per heavy atom. The number of nitrogens with zero attached hydrogens (tertiary/aromatic N) is 2. The summed E-state index contributed by atoms with van der Waals surface area (Å²) in [7, 11) is 0. The normalized spacial score (nSPS) is 10.7. The number of hydrogen-bond donors (Lipinski definition) is 0. The van der Waals surface area contributed by atoms with Crippen LogP contribution in [0, 0.1) is 21.4 Å². The number of hydrogen-bond acceptors (Lipinski definition) is 3. The van der Waals surface area contributed by atoms with E-state index in [1.54, 1.807) is 24.3 Å². The smallest absolute Gasteiger partial charge is 0.243 e. The average Bonchev–Trinajstić information content (AvgIpc) is 2.18. The molecule has 0 N–H and O–H groups in total. The molecular formula is C10H8N2O2. The lowest BCUT2D eigenvalue weighted by atomic mass is 10.1. The molecule has 1 aromatic rings. The summed E-state index contributed by atoms with van der Waals surface area (Å²) in [6.45, 7) is 1.42. The average molecular weight is 188 g/mol. The summed E-state index contributed by atoms with van der Waals surface area (Å²) in [4.78, 5) is 9.87. The lowest BCUT2D eigenvalue weighted by molar-refractivity contribution is -0.422. The SMILES string of the molecule is CC(=Cc1cccc(C#N)c1)[N+](=O)[O-]. The van der Waals surface area contributed by atoms with Crippen LogP contribution >= 0.6 is 0 Å². The van der Waals surface area contributed by atoms with Gasteiger partial charge in [-0.1, -0.05) is 12.1 Å². The second-order valence-electron chi connectivity index (χ2n) is 2.78. The van der Waals surface area contributed by atoms with Crippen molar-refractivity contribution < 1.29 is 4.92 Å². The molecule has 0 bridgehead atoms. The minimum Gasteiger partial charge on any atom is -0.259 e. The van der Waals surface area contributed by atoms with E-state index in [2.05, 4.69) is 0 Å². The van der Waals surface area contributed by atoms with Crippen molar-refractivity contribution in [2.24, 2.45) is 0 Å². The Bertz CT molecular complexity index is 430. The number of nitro groups is 1. The van der Waals surface area contributed by atoms with Crippen LogP contribution in [0.4, 0.5) is 0 Å². The van der Waals surface area contributed by atoms with Crippen molar-refractivity contribution in [1.29, 1.82) is 5.26 Å². The van der Waals surface area contributed by atoms with Gasteiger partial charge >= 0.3 is 0 Å². The summed E-state index contributed by atoms with van der Waals surface area (Å²) >= 11 is 0. The summed E-state index contributed by atoms with van der Waals surface area (Å²) in [5, 5.41) is 18.9. The molecule has 0 heterocycles. The van der Waals surface area contributed by atoms with E-state index in [4.69, 9.17) is 5.26 Å². The first-order chi connectivity index (χ1) is 6.63. The third-order valence-corrected chi connectivity index (χ3v) is 1.68. The Morgan fingerprint density at radius 2 is 2.36 bits per heavy atom. The minimum atomic E-state index is -0.459. The van der Waals surface area contributed by atoms with E-state index in [1.807, 2.05) is 6.07 Å². The standard InChI is InChI=1S/C10H8N2O2/c1-8(12(13)14)5-9-3-2-4-10(6-9)7-11/h2-6H,1H3. The van der Waals surface area contributed by atoms with Gasteiger partial charge in [0, 0.05) is 13.0 Å². The molecule has 1 rings (SSSR count). The Balaban J connectivity index is 3.04. The van der Waals surface area contributed by atoms with Gasteiger partial charge in [0.15, 0.2) is 0 Å². The van der Waals surface area contributed by atoms with Gasteiger partial charge in [-0.15, -0.1) is 0 Å². The zero-order valence-electron chi connectivity index (χ0n) is 7.60. The number of allylic oxidation sites excluding steroid dienone is 1. The molecule has 1 aromatic carbocycles. The summed E-state index contributed by atoms with van der Waals surface area (Å²) < 4.78 is 0. The molecule has 0 aromatic heterocycles. The van der Waals surface area contributed by atoms with Crippen LogP contribution in [0.25, 0.3) is 6.08 Å². The molecular weight excluding hydrogens is 180 g/mol. The van der Waals surface area contributed by atoms with Gasteiger partial charge in [0.1, 0.15) is 0 Å². The molecule has 0 atom stereocenters. The maximum Gasteiger partial charge on any atom is 0.243 e. The van der Waals surface area contributed by atoms with Gasteiger partial charge in [-0.3, -0.25) is 10.1 Å². The lowest BCUT2D eigenvalue weighted by Gasteiger charge is -1.93. The van der Waals surface area contributed by atoms with Crippen LogP contribution in [0.1, 0.15) is 18.1 Å². The Morgan fingerprint density at radius 3 is 2.93 bits per heavy atom. The molecule has 14 heavy (non-hydrogen) atoms. The van der Waals surface area contributed by atoms with Crippen LogP contribution in [0.15, 0.2) is 30.0 Å². The molecule has 0 aliphatic heterocycles. The first-order valence-electron chi connectivity index (χ1n) is 3.96. The maximum atomic E-state index is 10.3. The topological polar surface area (TPSA) is 66.9 Å². The highest BCUT2D eigenvalue weighted by Crippen LogP contribution is 2.09. The molecule has 0 aliphatic rings. The van der Waals surface area contributed by atoms with Crippen molar-refractivity contribution in [3.8, 4) is 6.07 Å². The van der Waals surface area contributed by atoms with E-state index in [-0.39, 0.29) is 5.70 Å². The van der Waals surface area contributed by atoms with Gasteiger partial charge in [-0.25, -0.2) is 0 Å². The fourth-order valence-electron chi connectivity index (χ4n) is 0.992. The molecule has 0 radical (unpaired) electrons. The maximum absolute atomic E-state index is 10.3. The van der Waals surface area contributed by atoms with Crippen molar-refractivity contribution in [3.05, 3.63) is 51.2 Å². The van der Waals surface area contributed by atoms with E-state index in [0.29, 0.717) is 11.1 Å². The minimum absolute atomic E-state index is 0.0556. The van der Waals surface area contributed by atoms with Crippen molar-refractivity contribution >= 4 is 6.08 Å².